The molecule has 0 aliphatic heterocycles. The third-order valence-electron chi connectivity index (χ3n) is 2.74. The number of rotatable bonds is 3. The van der Waals surface area contributed by atoms with E-state index in [1.807, 2.05) is 26.8 Å². The van der Waals surface area contributed by atoms with Crippen LogP contribution in [0.15, 0.2) is 6.07 Å². The molecule has 0 amide bonds. The normalized spacial score (nSPS) is 9.85. The Bertz CT molecular complexity index is 645. The monoisotopic (exact) mass is 314 g/mol. The van der Waals surface area contributed by atoms with Gasteiger partial charge in [-0.3, -0.25) is 0 Å². The summed E-state index contributed by atoms with van der Waals surface area (Å²) in [5.41, 5.74) is 2.09. The van der Waals surface area contributed by atoms with Crippen LogP contribution in [-0.2, 0) is 6.61 Å². The van der Waals surface area contributed by atoms with Crippen molar-refractivity contribution >= 4 is 34.1 Å². The first-order valence-electron chi connectivity index (χ1n) is 6.20. The first-order chi connectivity index (χ1) is 9.60. The molecule has 0 aliphatic carbocycles. The first-order valence-corrected chi connectivity index (χ1v) is 6.95. The van der Waals surface area contributed by atoms with Gasteiger partial charge < -0.3 is 14.8 Å². The van der Waals surface area contributed by atoms with E-state index in [-0.39, 0.29) is 13.2 Å². The second-order valence-electron chi connectivity index (χ2n) is 3.75. The lowest BCUT2D eigenvalue weighted by molar-refractivity contribution is 0.277. The van der Waals surface area contributed by atoms with Crippen molar-refractivity contribution in [3.05, 3.63) is 27.4 Å². The molecule has 108 valence electrons. The Morgan fingerprint density at radius 1 is 1.40 bits per heavy atom. The maximum Gasteiger partial charge on any atom is 0.174 e. The maximum atomic E-state index is 9.25. The van der Waals surface area contributed by atoms with E-state index in [2.05, 4.69) is 4.98 Å². The maximum absolute atomic E-state index is 9.25. The molecule has 0 bridgehead atoms. The minimum Gasteiger partial charge on any atom is -0.478 e. The fraction of sp³-hybridized carbons (Fsp3) is 0.357. The topological polar surface area (TPSA) is 69.0 Å². The van der Waals surface area contributed by atoms with Crippen molar-refractivity contribution in [3.63, 3.8) is 0 Å². The molecule has 0 saturated carbocycles. The molecule has 1 aromatic carbocycles. The molecular formula is C14H16Cl2N2O2. The van der Waals surface area contributed by atoms with Crippen LogP contribution in [0.25, 0.3) is 10.9 Å². The minimum atomic E-state index is -0.133. The predicted molar refractivity (Wildman–Crippen MR) is 81.4 cm³/mol. The molecule has 1 aromatic heterocycles. The van der Waals surface area contributed by atoms with Gasteiger partial charge >= 0.3 is 0 Å². The molecule has 0 fully saturated rings. The smallest absolute Gasteiger partial charge is 0.174 e. The number of aromatic nitrogens is 1. The van der Waals surface area contributed by atoms with Gasteiger partial charge in [0.1, 0.15) is 11.8 Å². The van der Waals surface area contributed by atoms with Gasteiger partial charge in [-0.15, -0.1) is 0 Å². The lowest BCUT2D eigenvalue weighted by Crippen LogP contribution is -1.94. The van der Waals surface area contributed by atoms with Crippen LogP contribution in [0.3, 0.4) is 0 Å². The fourth-order valence-electron chi connectivity index (χ4n) is 1.87. The molecule has 2 rings (SSSR count). The summed E-state index contributed by atoms with van der Waals surface area (Å²) in [7, 11) is 0. The Morgan fingerprint density at radius 3 is 2.60 bits per heavy atom. The van der Waals surface area contributed by atoms with Crippen molar-refractivity contribution in [2.75, 3.05) is 6.61 Å². The molecule has 20 heavy (non-hydrogen) atoms. The number of ether oxygens (including phenoxy) is 1. The summed E-state index contributed by atoms with van der Waals surface area (Å²) in [6.07, 6.45) is 0. The van der Waals surface area contributed by atoms with Crippen molar-refractivity contribution < 1.29 is 9.84 Å². The van der Waals surface area contributed by atoms with E-state index in [1.165, 1.54) is 0 Å². The number of benzene rings is 1. The number of nitrogens with zero attached hydrogens (tertiary/aromatic N) is 1. The van der Waals surface area contributed by atoms with E-state index in [0.29, 0.717) is 27.0 Å². The van der Waals surface area contributed by atoms with Gasteiger partial charge in [-0.05, 0) is 12.5 Å². The van der Waals surface area contributed by atoms with E-state index in [1.54, 1.807) is 6.07 Å². The second kappa shape index (κ2) is 7.39. The lowest BCUT2D eigenvalue weighted by atomic mass is 10.1. The Labute approximate surface area is 127 Å². The first kappa shape index (κ1) is 16.6. The summed E-state index contributed by atoms with van der Waals surface area (Å²) in [6.45, 7) is 5.63. The summed E-state index contributed by atoms with van der Waals surface area (Å²) in [5.74, 6) is 0.481. The molecule has 0 spiro atoms. The van der Waals surface area contributed by atoms with E-state index in [4.69, 9.17) is 33.2 Å². The van der Waals surface area contributed by atoms with Crippen molar-refractivity contribution in [2.24, 2.45) is 0 Å². The van der Waals surface area contributed by atoms with E-state index in [9.17, 15) is 5.11 Å². The minimum absolute atomic E-state index is 0.0772. The van der Waals surface area contributed by atoms with Crippen molar-refractivity contribution in [1.29, 1.82) is 5.26 Å². The Balaban J connectivity index is 0.000000956. The van der Waals surface area contributed by atoms with Gasteiger partial charge in [0.2, 0.25) is 0 Å². The zero-order valence-electron chi connectivity index (χ0n) is 11.6. The number of fused-ring (bicyclic) bond motifs is 1. The van der Waals surface area contributed by atoms with E-state index < -0.39 is 0 Å². The number of nitrogens with one attached hydrogen (secondary N) is 1. The zero-order chi connectivity index (χ0) is 15.3. The van der Waals surface area contributed by atoms with Crippen LogP contribution in [0.4, 0.5) is 0 Å². The van der Waals surface area contributed by atoms with Crippen LogP contribution in [0.2, 0.25) is 10.0 Å². The number of aromatic amines is 1. The number of aryl methyl sites for hydroxylation is 1. The van der Waals surface area contributed by atoms with Crippen molar-refractivity contribution in [3.8, 4) is 11.8 Å². The Kier molecular flexibility index (Phi) is 6.15. The van der Waals surface area contributed by atoms with Crippen LogP contribution < -0.4 is 4.74 Å². The molecule has 6 heteroatoms. The highest BCUT2D eigenvalue weighted by Gasteiger charge is 2.17. The summed E-state index contributed by atoms with van der Waals surface area (Å²) < 4.78 is 5.34. The third-order valence-corrected chi connectivity index (χ3v) is 3.52. The van der Waals surface area contributed by atoms with Crippen LogP contribution in [-0.4, -0.2) is 16.7 Å². The molecule has 0 atom stereocenters. The quantitative estimate of drug-likeness (QED) is 0.891. The molecule has 4 nitrogen and oxygen atoms in total. The fourth-order valence-corrected chi connectivity index (χ4v) is 2.26. The Morgan fingerprint density at radius 2 is 2.05 bits per heavy atom. The molecule has 0 aliphatic rings. The van der Waals surface area contributed by atoms with Crippen molar-refractivity contribution in [2.45, 2.75) is 27.4 Å². The van der Waals surface area contributed by atoms with Gasteiger partial charge in [-0.25, -0.2) is 0 Å². The summed E-state index contributed by atoms with van der Waals surface area (Å²) in [4.78, 5) is 3.01. The van der Waals surface area contributed by atoms with Gasteiger partial charge in [-0.2, -0.15) is 5.26 Å². The lowest BCUT2D eigenvalue weighted by Gasteiger charge is -2.07. The highest BCUT2D eigenvalue weighted by atomic mass is 35.5. The highest BCUT2D eigenvalue weighted by molar-refractivity contribution is 6.45. The zero-order valence-corrected chi connectivity index (χ0v) is 13.1. The standard InChI is InChI=1S/C12H10Cl2N2O2.C2H6/c1-6-8(5-17)16-12-10(6)9(18-3-2-15)4-7(13)11(12)14;1-2/h4,16-17H,3,5H2,1H3;1-2H3. The molecule has 0 saturated heterocycles. The van der Waals surface area contributed by atoms with Crippen LogP contribution in [0, 0.1) is 18.3 Å². The summed E-state index contributed by atoms with van der Waals surface area (Å²) >= 11 is 12.1. The predicted octanol–water partition coefficient (Wildman–Crippen LogP) is 4.20. The third kappa shape index (κ3) is 3.01. The average molecular weight is 315 g/mol. The second-order valence-corrected chi connectivity index (χ2v) is 4.54. The van der Waals surface area contributed by atoms with Gasteiger partial charge in [0.15, 0.2) is 6.61 Å². The van der Waals surface area contributed by atoms with Crippen LogP contribution in [0.1, 0.15) is 25.1 Å². The summed E-state index contributed by atoms with van der Waals surface area (Å²) in [5, 5.41) is 19.3. The number of hydrogen-bond donors (Lipinski definition) is 2. The van der Waals surface area contributed by atoms with Gasteiger partial charge in [-0.1, -0.05) is 37.0 Å². The Hall–Kier alpha value is -1.41. The SMILES string of the molecule is CC.Cc1c(CO)[nH]c2c(Cl)c(Cl)cc(OCC#N)c12. The number of aliphatic hydroxyl groups excluding tert-OH is 1. The molecule has 2 N–H and O–H groups in total. The summed E-state index contributed by atoms with van der Waals surface area (Å²) in [6, 6.07) is 3.47. The number of hydrogen-bond acceptors (Lipinski definition) is 3. The van der Waals surface area contributed by atoms with Crippen LogP contribution >= 0.6 is 23.2 Å². The molecule has 1 heterocycles. The number of halogens is 2. The molecule has 0 radical (unpaired) electrons. The van der Waals surface area contributed by atoms with E-state index in [0.717, 1.165) is 10.9 Å². The van der Waals surface area contributed by atoms with Gasteiger partial charge in [0.25, 0.3) is 0 Å². The number of H-pyrrole nitrogens is 1. The largest absolute Gasteiger partial charge is 0.478 e. The number of nitriles is 1. The van der Waals surface area contributed by atoms with Crippen LogP contribution in [0.5, 0.6) is 5.75 Å². The molecule has 2 aromatic rings. The molecular weight excluding hydrogens is 299 g/mol. The van der Waals surface area contributed by atoms with E-state index >= 15 is 0 Å². The van der Waals surface area contributed by atoms with Crippen molar-refractivity contribution in [1.82, 2.24) is 4.98 Å². The number of aliphatic hydroxyl groups is 1. The average Bonchev–Trinajstić information content (AvgIpc) is 2.81. The molecule has 0 unspecified atom stereocenters. The van der Waals surface area contributed by atoms with Gasteiger partial charge in [0.05, 0.1) is 22.2 Å². The van der Waals surface area contributed by atoms with Gasteiger partial charge in [0, 0.05) is 17.1 Å². The highest BCUT2D eigenvalue weighted by Crippen LogP contribution is 2.39.